The highest BCUT2D eigenvalue weighted by atomic mass is 19.1. The molecule has 0 bridgehead atoms. The van der Waals surface area contributed by atoms with Crippen LogP contribution in [-0.4, -0.2) is 5.91 Å². The molecule has 3 nitrogen and oxygen atoms in total. The molecule has 0 aromatic heterocycles. The van der Waals surface area contributed by atoms with Crippen molar-refractivity contribution in [2.75, 3.05) is 5.32 Å². The molecule has 0 spiro atoms. The maximum Gasteiger partial charge on any atom is 0.228 e. The molecule has 0 aliphatic heterocycles. The minimum atomic E-state index is -0.843. The zero-order valence-corrected chi connectivity index (χ0v) is 10.7. The largest absolute Gasteiger partial charge is 0.325 e. The second kappa shape index (κ2) is 6.09. The van der Waals surface area contributed by atoms with Crippen molar-refractivity contribution < 1.29 is 18.0 Å². The van der Waals surface area contributed by atoms with E-state index in [1.807, 2.05) is 0 Å². The topological polar surface area (TPSA) is 52.9 Å². The van der Waals surface area contributed by atoms with Gasteiger partial charge in [0.05, 0.1) is 12.1 Å². The molecule has 0 aliphatic rings. The van der Waals surface area contributed by atoms with Gasteiger partial charge < -0.3 is 5.32 Å². The zero-order chi connectivity index (χ0) is 15.4. The van der Waals surface area contributed by atoms with Gasteiger partial charge in [0.15, 0.2) is 0 Å². The first-order valence-corrected chi connectivity index (χ1v) is 5.93. The molecule has 0 aliphatic carbocycles. The summed E-state index contributed by atoms with van der Waals surface area (Å²) in [5, 5.41) is 11.2. The molecular weight excluding hydrogens is 281 g/mol. The van der Waals surface area contributed by atoms with Gasteiger partial charge in [-0.1, -0.05) is 12.1 Å². The number of anilines is 1. The number of nitrogens with one attached hydrogen (secondary N) is 1. The van der Waals surface area contributed by atoms with Gasteiger partial charge in [-0.25, -0.2) is 13.2 Å². The van der Waals surface area contributed by atoms with Gasteiger partial charge >= 0.3 is 0 Å². The standard InChI is InChI=1S/C15H9F3N2O/c16-10-5-4-9(13(18)7-10)6-15(21)20-14-3-1-2-12(17)11(14)8-19/h1-5,7H,6H2,(H,20,21). The van der Waals surface area contributed by atoms with Crippen molar-refractivity contribution in [2.24, 2.45) is 0 Å². The Morgan fingerprint density at radius 2 is 1.90 bits per heavy atom. The van der Waals surface area contributed by atoms with Crippen LogP contribution in [0.25, 0.3) is 0 Å². The minimum absolute atomic E-state index is 0.00353. The first-order chi connectivity index (χ1) is 10.0. The molecular formula is C15H9F3N2O. The number of benzene rings is 2. The van der Waals surface area contributed by atoms with Crippen LogP contribution in [0.2, 0.25) is 0 Å². The highest BCUT2D eigenvalue weighted by Gasteiger charge is 2.13. The fourth-order valence-electron chi connectivity index (χ4n) is 1.77. The number of hydrogen-bond donors (Lipinski definition) is 1. The summed E-state index contributed by atoms with van der Waals surface area (Å²) < 4.78 is 39.5. The van der Waals surface area contributed by atoms with E-state index in [1.165, 1.54) is 12.1 Å². The van der Waals surface area contributed by atoms with E-state index in [9.17, 15) is 18.0 Å². The predicted molar refractivity (Wildman–Crippen MR) is 69.8 cm³/mol. The second-order valence-corrected chi connectivity index (χ2v) is 4.23. The van der Waals surface area contributed by atoms with Crippen LogP contribution in [0.1, 0.15) is 11.1 Å². The molecule has 2 rings (SSSR count). The molecule has 21 heavy (non-hydrogen) atoms. The summed E-state index contributed by atoms with van der Waals surface area (Å²) in [4.78, 5) is 11.8. The van der Waals surface area contributed by atoms with Gasteiger partial charge in [-0.3, -0.25) is 4.79 Å². The number of nitrogens with zero attached hydrogens (tertiary/aromatic N) is 1. The summed E-state index contributed by atoms with van der Waals surface area (Å²) in [5.41, 5.74) is -0.292. The van der Waals surface area contributed by atoms with Crippen LogP contribution in [0.5, 0.6) is 0 Å². The van der Waals surface area contributed by atoms with Crippen molar-refractivity contribution in [3.05, 3.63) is 65.0 Å². The lowest BCUT2D eigenvalue weighted by Gasteiger charge is -2.08. The van der Waals surface area contributed by atoms with E-state index in [-0.39, 0.29) is 23.2 Å². The Labute approximate surface area is 118 Å². The third-order valence-corrected chi connectivity index (χ3v) is 2.77. The average molecular weight is 290 g/mol. The molecule has 106 valence electrons. The van der Waals surface area contributed by atoms with Gasteiger partial charge in [-0.2, -0.15) is 5.26 Å². The van der Waals surface area contributed by atoms with Crippen molar-refractivity contribution in [1.29, 1.82) is 5.26 Å². The molecule has 0 atom stereocenters. The summed E-state index contributed by atoms with van der Waals surface area (Å²) in [6.07, 6.45) is -0.354. The zero-order valence-electron chi connectivity index (χ0n) is 10.7. The predicted octanol–water partition coefficient (Wildman–Crippen LogP) is 3.16. The van der Waals surface area contributed by atoms with Crippen molar-refractivity contribution in [3.8, 4) is 6.07 Å². The number of amides is 1. The lowest BCUT2D eigenvalue weighted by Crippen LogP contribution is -2.16. The lowest BCUT2D eigenvalue weighted by molar-refractivity contribution is -0.115. The first kappa shape index (κ1) is 14.6. The number of hydrogen-bond acceptors (Lipinski definition) is 2. The molecule has 0 radical (unpaired) electrons. The Hall–Kier alpha value is -2.81. The van der Waals surface area contributed by atoms with Crippen LogP contribution in [0.4, 0.5) is 18.9 Å². The van der Waals surface area contributed by atoms with Gasteiger partial charge in [0.25, 0.3) is 0 Å². The summed E-state index contributed by atoms with van der Waals surface area (Å²) in [6, 6.07) is 8.29. The van der Waals surface area contributed by atoms with Crippen molar-refractivity contribution >= 4 is 11.6 Å². The fourth-order valence-corrected chi connectivity index (χ4v) is 1.77. The number of nitriles is 1. The van der Waals surface area contributed by atoms with Gasteiger partial charge in [0.2, 0.25) is 5.91 Å². The highest BCUT2D eigenvalue weighted by Crippen LogP contribution is 2.18. The maximum atomic E-state index is 13.4. The van der Waals surface area contributed by atoms with Crippen molar-refractivity contribution in [3.63, 3.8) is 0 Å². The van der Waals surface area contributed by atoms with Crippen molar-refractivity contribution in [2.45, 2.75) is 6.42 Å². The SMILES string of the molecule is N#Cc1c(F)cccc1NC(=O)Cc1ccc(F)cc1F. The molecule has 0 saturated carbocycles. The Bertz CT molecular complexity index is 738. The molecule has 0 heterocycles. The minimum Gasteiger partial charge on any atom is -0.325 e. The maximum absolute atomic E-state index is 13.4. The molecule has 0 fully saturated rings. The van der Waals surface area contributed by atoms with Gasteiger partial charge in [0.1, 0.15) is 29.1 Å². The fraction of sp³-hybridized carbons (Fsp3) is 0.0667. The second-order valence-electron chi connectivity index (χ2n) is 4.23. The van der Waals surface area contributed by atoms with E-state index in [2.05, 4.69) is 5.32 Å². The summed E-state index contributed by atoms with van der Waals surface area (Å²) in [6.45, 7) is 0. The monoisotopic (exact) mass is 290 g/mol. The molecule has 1 N–H and O–H groups in total. The van der Waals surface area contributed by atoms with E-state index in [0.29, 0.717) is 6.07 Å². The van der Waals surface area contributed by atoms with Crippen LogP contribution in [0.15, 0.2) is 36.4 Å². The summed E-state index contributed by atoms with van der Waals surface area (Å²) >= 11 is 0. The molecule has 2 aromatic carbocycles. The van der Waals surface area contributed by atoms with E-state index < -0.39 is 23.4 Å². The Balaban J connectivity index is 2.16. The van der Waals surface area contributed by atoms with Crippen LogP contribution in [-0.2, 0) is 11.2 Å². The number of halogens is 3. The first-order valence-electron chi connectivity index (χ1n) is 5.93. The summed E-state index contributed by atoms with van der Waals surface area (Å²) in [7, 11) is 0. The van der Waals surface area contributed by atoms with E-state index >= 15 is 0 Å². The summed E-state index contributed by atoms with van der Waals surface area (Å²) in [5.74, 6) is -2.98. The molecule has 0 saturated heterocycles. The van der Waals surface area contributed by atoms with Gasteiger partial charge in [-0.05, 0) is 23.8 Å². The smallest absolute Gasteiger partial charge is 0.228 e. The van der Waals surface area contributed by atoms with Crippen LogP contribution >= 0.6 is 0 Å². The van der Waals surface area contributed by atoms with Crippen LogP contribution < -0.4 is 5.32 Å². The van der Waals surface area contributed by atoms with Gasteiger partial charge in [0, 0.05) is 6.07 Å². The van der Waals surface area contributed by atoms with Gasteiger partial charge in [-0.15, -0.1) is 0 Å². The Kier molecular flexibility index (Phi) is 4.24. The van der Waals surface area contributed by atoms with Crippen LogP contribution in [0.3, 0.4) is 0 Å². The number of rotatable bonds is 3. The Morgan fingerprint density at radius 3 is 2.57 bits per heavy atom. The van der Waals surface area contributed by atoms with E-state index in [0.717, 1.165) is 18.2 Å². The normalized spacial score (nSPS) is 10.0. The third-order valence-electron chi connectivity index (χ3n) is 2.77. The lowest BCUT2D eigenvalue weighted by atomic mass is 10.1. The van der Waals surface area contributed by atoms with E-state index in [1.54, 1.807) is 6.07 Å². The number of carbonyl (C=O) groups excluding carboxylic acids is 1. The quantitative estimate of drug-likeness (QED) is 0.944. The van der Waals surface area contributed by atoms with E-state index in [4.69, 9.17) is 5.26 Å². The number of carbonyl (C=O) groups is 1. The molecule has 0 unspecified atom stereocenters. The molecule has 1 amide bonds. The third kappa shape index (κ3) is 3.39. The average Bonchev–Trinajstić information content (AvgIpc) is 2.42. The Morgan fingerprint density at radius 1 is 1.14 bits per heavy atom. The van der Waals surface area contributed by atoms with Crippen molar-refractivity contribution in [1.82, 2.24) is 0 Å². The van der Waals surface area contributed by atoms with Crippen LogP contribution in [0, 0.1) is 28.8 Å². The highest BCUT2D eigenvalue weighted by molar-refractivity contribution is 5.93. The molecule has 6 heteroatoms. The molecule has 2 aromatic rings.